The number of alkyl halides is 3. The van der Waals surface area contributed by atoms with Gasteiger partial charge in [-0.15, -0.1) is 10.2 Å². The first-order valence-corrected chi connectivity index (χ1v) is 20.7. The number of nitrogens with one attached hydrogen (secondary N) is 3. The van der Waals surface area contributed by atoms with Crippen LogP contribution in [0.25, 0.3) is 26.4 Å². The van der Waals surface area contributed by atoms with Crippen LogP contribution in [0.4, 0.5) is 57.8 Å². The molecule has 8 aromatic rings. The maximum atomic E-state index is 13.4. The number of hydrogen-bond donors (Lipinski definition) is 5. The van der Waals surface area contributed by atoms with Crippen molar-refractivity contribution in [3.05, 3.63) is 197 Å². The van der Waals surface area contributed by atoms with Gasteiger partial charge in [0.05, 0.1) is 29.2 Å². The highest BCUT2D eigenvalue weighted by Crippen LogP contribution is 2.38. The van der Waals surface area contributed by atoms with Gasteiger partial charge in [0, 0.05) is 33.2 Å². The molecule has 0 aromatic heterocycles. The summed E-state index contributed by atoms with van der Waals surface area (Å²) in [7, 11) is 0. The smallest absolute Gasteiger partial charge is 0.416 e. The lowest BCUT2D eigenvalue weighted by atomic mass is 10.0. The number of carbonyl (C=O) groups is 3. The fourth-order valence-corrected chi connectivity index (χ4v) is 6.84. The standard InChI is InChI=1S/C51H34F3N9O7/c1-55-39-5-3-7-41(27-39)63-70-29-56-69-28-30-8-20-42-33(24-30)14-22-44(64)46(42)61-59-37-16-9-31(10-17-37)48(66)32-11-18-38(19-12-32)60-62-47-43-21-13-35(25-34(43)15-23-45(47)65)49(67)58-50(68)57-40-6-2-4-36(26-40)51(52,53)54/h2-27,29,63-65H,28H2,(H2,57,58,67,68). The van der Waals surface area contributed by atoms with Crippen LogP contribution in [-0.2, 0) is 22.5 Å². The first-order chi connectivity index (χ1) is 33.8. The molecule has 0 spiro atoms. The van der Waals surface area contributed by atoms with Crippen molar-refractivity contribution >= 4 is 85.5 Å². The predicted octanol–water partition coefficient (Wildman–Crippen LogP) is 13.5. The second-order valence-electron chi connectivity index (χ2n) is 15.0. The molecule has 0 saturated carbocycles. The summed E-state index contributed by atoms with van der Waals surface area (Å²) in [4.78, 5) is 52.5. The van der Waals surface area contributed by atoms with Crippen molar-refractivity contribution in [2.75, 3.05) is 10.8 Å². The number of oxime groups is 1. The first-order valence-electron chi connectivity index (χ1n) is 20.7. The van der Waals surface area contributed by atoms with Crippen molar-refractivity contribution < 1.29 is 47.4 Å². The number of phenols is 2. The van der Waals surface area contributed by atoms with Gasteiger partial charge in [0.2, 0.25) is 6.40 Å². The average molecular weight is 942 g/mol. The molecule has 5 N–H and O–H groups in total. The zero-order chi connectivity index (χ0) is 49.2. The topological polar surface area (TPSA) is 212 Å². The average Bonchev–Trinajstić information content (AvgIpc) is 3.36. The summed E-state index contributed by atoms with van der Waals surface area (Å²) < 4.78 is 39.2. The predicted molar refractivity (Wildman–Crippen MR) is 255 cm³/mol. The molecule has 70 heavy (non-hydrogen) atoms. The molecule has 0 fully saturated rings. The summed E-state index contributed by atoms with van der Waals surface area (Å²) in [5.74, 6) is -1.40. The second kappa shape index (κ2) is 20.7. The molecule has 0 aliphatic carbocycles. The SMILES string of the molecule is [C-]#[N+]c1cccc(NOC=NOCc2ccc3c(N=Nc4ccc(C(=O)c5ccc(N=Nc6c(O)ccc7cc(C(=O)NC(=O)Nc8cccc(C(F)(F)F)c8)ccc67)cc5)cc4)c(O)ccc3c2)c1. The summed E-state index contributed by atoms with van der Waals surface area (Å²) in [6.07, 6.45) is -3.53. The Bertz CT molecular complexity index is 3430. The maximum Gasteiger partial charge on any atom is 0.416 e. The quantitative estimate of drug-likeness (QED) is 0.0176. The number of nitrogens with zero attached hydrogens (tertiary/aromatic N) is 6. The molecule has 16 nitrogen and oxygen atoms in total. The Balaban J connectivity index is 0.858. The molecular formula is C51H34F3N9O7. The van der Waals surface area contributed by atoms with Crippen molar-refractivity contribution in [3.8, 4) is 11.5 Å². The van der Waals surface area contributed by atoms with Crippen LogP contribution in [0.15, 0.2) is 183 Å². The minimum absolute atomic E-state index is 0.0477. The molecule has 0 atom stereocenters. The third-order valence-corrected chi connectivity index (χ3v) is 10.3. The number of phenolic OH excluding ortho intramolecular Hbond substituents is 2. The van der Waals surface area contributed by atoms with Gasteiger partial charge in [-0.25, -0.2) is 15.1 Å². The number of hydrogen-bond acceptors (Lipinski definition) is 13. The number of ketones is 1. The van der Waals surface area contributed by atoms with Crippen molar-refractivity contribution in [2.45, 2.75) is 12.8 Å². The number of azo groups is 2. The van der Waals surface area contributed by atoms with E-state index in [4.69, 9.17) is 16.2 Å². The van der Waals surface area contributed by atoms with Crippen LogP contribution < -0.4 is 16.1 Å². The summed E-state index contributed by atoms with van der Waals surface area (Å²) in [5, 5.41) is 48.7. The zero-order valence-corrected chi connectivity index (χ0v) is 36.0. The molecule has 8 rings (SSSR count). The van der Waals surface area contributed by atoms with Gasteiger partial charge in [0.1, 0.15) is 29.5 Å². The van der Waals surface area contributed by atoms with Gasteiger partial charge in [-0.2, -0.15) is 23.4 Å². The maximum absolute atomic E-state index is 13.4. The Morgan fingerprint density at radius 2 is 1.23 bits per heavy atom. The summed E-state index contributed by atoms with van der Waals surface area (Å²) >= 11 is 0. The van der Waals surface area contributed by atoms with E-state index in [1.54, 1.807) is 91.0 Å². The Morgan fingerprint density at radius 1 is 0.643 bits per heavy atom. The van der Waals surface area contributed by atoms with E-state index >= 15 is 0 Å². The van der Waals surface area contributed by atoms with E-state index in [2.05, 4.69) is 46.6 Å². The van der Waals surface area contributed by atoms with Crippen molar-refractivity contribution in [3.63, 3.8) is 0 Å². The van der Waals surface area contributed by atoms with Gasteiger partial charge in [0.25, 0.3) is 5.91 Å². The van der Waals surface area contributed by atoms with Crippen LogP contribution in [0, 0.1) is 6.57 Å². The highest BCUT2D eigenvalue weighted by atomic mass is 19.4. The molecule has 0 bridgehead atoms. The van der Waals surface area contributed by atoms with Crippen LogP contribution in [0.3, 0.4) is 0 Å². The molecule has 3 amide bonds. The number of halogens is 3. The van der Waals surface area contributed by atoms with Gasteiger partial charge < -0.3 is 25.2 Å². The minimum Gasteiger partial charge on any atom is -0.506 e. The lowest BCUT2D eigenvalue weighted by Crippen LogP contribution is -2.34. The lowest BCUT2D eigenvalue weighted by Gasteiger charge is -2.11. The molecular weight excluding hydrogens is 908 g/mol. The van der Waals surface area contributed by atoms with Crippen LogP contribution in [0.1, 0.15) is 37.4 Å². The Hall–Kier alpha value is -9.96. The van der Waals surface area contributed by atoms with Crippen molar-refractivity contribution in [1.29, 1.82) is 0 Å². The Morgan fingerprint density at radius 3 is 1.86 bits per heavy atom. The number of aromatic hydroxyl groups is 2. The largest absolute Gasteiger partial charge is 0.506 e. The van der Waals surface area contributed by atoms with E-state index in [1.807, 2.05) is 6.07 Å². The molecule has 8 aromatic carbocycles. The van der Waals surface area contributed by atoms with Crippen LogP contribution in [-0.4, -0.2) is 34.3 Å². The Kier molecular flexibility index (Phi) is 13.8. The minimum atomic E-state index is -4.62. The number of benzene rings is 8. The van der Waals surface area contributed by atoms with E-state index in [0.717, 1.165) is 35.5 Å². The first kappa shape index (κ1) is 46.6. The van der Waals surface area contributed by atoms with Crippen molar-refractivity contribution in [2.24, 2.45) is 25.6 Å². The van der Waals surface area contributed by atoms with E-state index in [9.17, 15) is 37.8 Å². The number of rotatable bonds is 14. The molecule has 0 radical (unpaired) electrons. The number of imide groups is 1. The number of carbonyl (C=O) groups excluding carboxylic acids is 3. The number of amides is 3. The summed E-state index contributed by atoms with van der Waals surface area (Å²) in [5.41, 5.74) is 5.25. The summed E-state index contributed by atoms with van der Waals surface area (Å²) in [6, 6.07) is 38.3. The normalized spacial score (nSPS) is 11.5. The van der Waals surface area contributed by atoms with E-state index in [0.29, 0.717) is 50.0 Å². The molecule has 0 unspecified atom stereocenters. The summed E-state index contributed by atoms with van der Waals surface area (Å²) in [6.45, 7) is 7.22. The fourth-order valence-electron chi connectivity index (χ4n) is 6.84. The monoisotopic (exact) mass is 941 g/mol. The van der Waals surface area contributed by atoms with Gasteiger partial charge in [0.15, 0.2) is 11.5 Å². The van der Waals surface area contributed by atoms with E-state index < -0.39 is 23.7 Å². The van der Waals surface area contributed by atoms with Crippen LogP contribution in [0.2, 0.25) is 0 Å². The van der Waals surface area contributed by atoms with Crippen LogP contribution >= 0.6 is 0 Å². The Labute approximate surface area is 394 Å². The molecule has 0 heterocycles. The zero-order valence-electron chi connectivity index (χ0n) is 36.0. The molecule has 0 aliphatic rings. The number of fused-ring (bicyclic) bond motifs is 2. The molecule has 346 valence electrons. The number of urea groups is 1. The highest BCUT2D eigenvalue weighted by molar-refractivity contribution is 6.10. The fraction of sp³-hybridized carbons (Fsp3) is 0.0392. The molecule has 19 heteroatoms. The van der Waals surface area contributed by atoms with Gasteiger partial charge in [-0.3, -0.25) is 14.9 Å². The highest BCUT2D eigenvalue weighted by Gasteiger charge is 2.30. The van der Waals surface area contributed by atoms with E-state index in [-0.39, 0.29) is 46.5 Å². The molecule has 0 aliphatic heterocycles. The van der Waals surface area contributed by atoms with Gasteiger partial charge in [-0.05, 0) is 126 Å². The second-order valence-corrected chi connectivity index (χ2v) is 15.0. The van der Waals surface area contributed by atoms with Gasteiger partial charge in [-0.1, -0.05) is 53.7 Å². The molecule has 0 saturated heterocycles. The van der Waals surface area contributed by atoms with Gasteiger partial charge >= 0.3 is 12.2 Å². The van der Waals surface area contributed by atoms with E-state index in [1.165, 1.54) is 42.5 Å². The third-order valence-electron chi connectivity index (χ3n) is 10.3. The third kappa shape index (κ3) is 11.3. The van der Waals surface area contributed by atoms with Crippen LogP contribution in [0.5, 0.6) is 11.5 Å². The number of anilines is 2. The van der Waals surface area contributed by atoms with Crippen molar-refractivity contribution in [1.82, 2.24) is 5.32 Å². The lowest BCUT2D eigenvalue weighted by molar-refractivity contribution is -0.137.